The molecule has 2 rings (SSSR count). The van der Waals surface area contributed by atoms with Gasteiger partial charge in [-0.15, -0.1) is 11.3 Å². The zero-order valence-electron chi connectivity index (χ0n) is 8.04. The van der Waals surface area contributed by atoms with E-state index in [1.807, 2.05) is 17.5 Å². The van der Waals surface area contributed by atoms with Gasteiger partial charge in [-0.25, -0.2) is 4.98 Å². The topological polar surface area (TPSA) is 42.9 Å². The standard InChI is InChI=1S/C11H10N2OS/c14-6-10(4-11-7-15-8-13-11)9-2-1-3-12-5-9/h1-3,5-8,10H,4H2. The third-order valence-electron chi connectivity index (χ3n) is 2.19. The van der Waals surface area contributed by atoms with Gasteiger partial charge in [0, 0.05) is 30.1 Å². The van der Waals surface area contributed by atoms with Crippen molar-refractivity contribution in [3.63, 3.8) is 0 Å². The van der Waals surface area contributed by atoms with Crippen LogP contribution in [0.4, 0.5) is 0 Å². The molecule has 0 fully saturated rings. The van der Waals surface area contributed by atoms with E-state index in [2.05, 4.69) is 9.97 Å². The number of thiazole rings is 1. The number of hydrogen-bond acceptors (Lipinski definition) is 4. The van der Waals surface area contributed by atoms with Gasteiger partial charge < -0.3 is 4.79 Å². The molecular weight excluding hydrogens is 208 g/mol. The molecule has 0 bridgehead atoms. The van der Waals surface area contributed by atoms with Crippen LogP contribution in [-0.2, 0) is 11.2 Å². The minimum absolute atomic E-state index is 0.138. The van der Waals surface area contributed by atoms with Crippen LogP contribution in [0, 0.1) is 0 Å². The van der Waals surface area contributed by atoms with Crippen LogP contribution in [0.1, 0.15) is 17.2 Å². The quantitative estimate of drug-likeness (QED) is 0.738. The molecule has 0 aliphatic rings. The Morgan fingerprint density at radius 3 is 3.07 bits per heavy atom. The molecule has 2 heterocycles. The lowest BCUT2D eigenvalue weighted by Gasteiger charge is -2.07. The minimum Gasteiger partial charge on any atom is -0.303 e. The van der Waals surface area contributed by atoms with Gasteiger partial charge in [0.25, 0.3) is 0 Å². The van der Waals surface area contributed by atoms with E-state index < -0.39 is 0 Å². The Bertz CT molecular complexity index is 413. The molecule has 1 atom stereocenters. The highest BCUT2D eigenvalue weighted by Crippen LogP contribution is 2.17. The van der Waals surface area contributed by atoms with E-state index in [-0.39, 0.29) is 5.92 Å². The smallest absolute Gasteiger partial charge is 0.127 e. The van der Waals surface area contributed by atoms with Crippen LogP contribution in [0.2, 0.25) is 0 Å². The van der Waals surface area contributed by atoms with Crippen LogP contribution in [0.15, 0.2) is 35.4 Å². The zero-order valence-corrected chi connectivity index (χ0v) is 8.85. The third kappa shape index (κ3) is 2.47. The Hall–Kier alpha value is -1.55. The molecule has 2 aromatic rings. The lowest BCUT2D eigenvalue weighted by Crippen LogP contribution is -2.04. The second-order valence-electron chi connectivity index (χ2n) is 3.21. The van der Waals surface area contributed by atoms with E-state index in [1.165, 1.54) is 0 Å². The first-order valence-electron chi connectivity index (χ1n) is 4.62. The third-order valence-corrected chi connectivity index (χ3v) is 2.82. The van der Waals surface area contributed by atoms with Gasteiger partial charge in [-0.3, -0.25) is 4.98 Å². The van der Waals surface area contributed by atoms with Crippen LogP contribution in [0.25, 0.3) is 0 Å². The summed E-state index contributed by atoms with van der Waals surface area (Å²) in [6, 6.07) is 3.76. The summed E-state index contributed by atoms with van der Waals surface area (Å²) >= 11 is 1.54. The molecule has 0 N–H and O–H groups in total. The van der Waals surface area contributed by atoms with Gasteiger partial charge in [0.05, 0.1) is 11.2 Å². The molecule has 3 nitrogen and oxygen atoms in total. The number of carbonyl (C=O) groups is 1. The van der Waals surface area contributed by atoms with E-state index in [0.29, 0.717) is 6.42 Å². The Kier molecular flexibility index (Phi) is 3.19. The first-order chi connectivity index (χ1) is 7.40. The maximum atomic E-state index is 11.0. The molecular formula is C11H10N2OS. The van der Waals surface area contributed by atoms with Crippen molar-refractivity contribution in [1.29, 1.82) is 0 Å². The van der Waals surface area contributed by atoms with Crippen LogP contribution in [0.3, 0.4) is 0 Å². The highest BCUT2D eigenvalue weighted by Gasteiger charge is 2.12. The summed E-state index contributed by atoms with van der Waals surface area (Å²) in [6.45, 7) is 0. The maximum Gasteiger partial charge on any atom is 0.127 e. The number of carbonyl (C=O) groups excluding carboxylic acids is 1. The average Bonchev–Trinajstić information content (AvgIpc) is 2.80. The largest absolute Gasteiger partial charge is 0.303 e. The summed E-state index contributed by atoms with van der Waals surface area (Å²) < 4.78 is 0. The molecule has 0 aliphatic carbocycles. The number of aldehydes is 1. The first-order valence-corrected chi connectivity index (χ1v) is 5.56. The van der Waals surface area contributed by atoms with Gasteiger partial charge in [0.15, 0.2) is 0 Å². The summed E-state index contributed by atoms with van der Waals surface area (Å²) in [7, 11) is 0. The molecule has 0 saturated carbocycles. The monoisotopic (exact) mass is 218 g/mol. The fourth-order valence-corrected chi connectivity index (χ4v) is 1.97. The number of pyridine rings is 1. The van der Waals surface area contributed by atoms with Crippen molar-refractivity contribution < 1.29 is 4.79 Å². The van der Waals surface area contributed by atoms with Crippen molar-refractivity contribution in [2.45, 2.75) is 12.3 Å². The molecule has 0 aliphatic heterocycles. The van der Waals surface area contributed by atoms with Crippen molar-refractivity contribution >= 4 is 17.6 Å². The van der Waals surface area contributed by atoms with Crippen LogP contribution < -0.4 is 0 Å². The Morgan fingerprint density at radius 1 is 1.53 bits per heavy atom. The van der Waals surface area contributed by atoms with Gasteiger partial charge in [-0.2, -0.15) is 0 Å². The van der Waals surface area contributed by atoms with E-state index in [1.54, 1.807) is 29.2 Å². The highest BCUT2D eigenvalue weighted by atomic mass is 32.1. The first kappa shape index (κ1) is 9.98. The second-order valence-corrected chi connectivity index (χ2v) is 3.93. The van der Waals surface area contributed by atoms with Crippen LogP contribution in [0.5, 0.6) is 0 Å². The highest BCUT2D eigenvalue weighted by molar-refractivity contribution is 7.07. The molecule has 15 heavy (non-hydrogen) atoms. The Labute approximate surface area is 91.8 Å². The van der Waals surface area contributed by atoms with Gasteiger partial charge in [-0.05, 0) is 11.6 Å². The van der Waals surface area contributed by atoms with E-state index in [0.717, 1.165) is 17.5 Å². The predicted octanol–water partition coefficient (Wildman–Crippen LogP) is 2.06. The van der Waals surface area contributed by atoms with Crippen molar-refractivity contribution in [3.8, 4) is 0 Å². The van der Waals surface area contributed by atoms with Gasteiger partial charge in [0.1, 0.15) is 6.29 Å². The number of hydrogen-bond donors (Lipinski definition) is 0. The zero-order chi connectivity index (χ0) is 10.5. The van der Waals surface area contributed by atoms with E-state index in [4.69, 9.17) is 0 Å². The van der Waals surface area contributed by atoms with Crippen molar-refractivity contribution in [2.75, 3.05) is 0 Å². The predicted molar refractivity (Wildman–Crippen MR) is 58.9 cm³/mol. The van der Waals surface area contributed by atoms with Gasteiger partial charge in [0.2, 0.25) is 0 Å². The normalized spacial score (nSPS) is 12.3. The van der Waals surface area contributed by atoms with Crippen LogP contribution >= 0.6 is 11.3 Å². The lowest BCUT2D eigenvalue weighted by molar-refractivity contribution is -0.109. The van der Waals surface area contributed by atoms with E-state index >= 15 is 0 Å². The van der Waals surface area contributed by atoms with Crippen molar-refractivity contribution in [1.82, 2.24) is 9.97 Å². The average molecular weight is 218 g/mol. The van der Waals surface area contributed by atoms with Crippen molar-refractivity contribution in [3.05, 3.63) is 46.7 Å². The summed E-state index contributed by atoms with van der Waals surface area (Å²) in [4.78, 5) is 19.2. The Balaban J connectivity index is 2.15. The summed E-state index contributed by atoms with van der Waals surface area (Å²) in [6.07, 6.45) is 5.04. The molecule has 0 radical (unpaired) electrons. The molecule has 0 spiro atoms. The SMILES string of the molecule is O=CC(Cc1cscn1)c1cccnc1. The fourth-order valence-electron chi connectivity index (χ4n) is 1.40. The molecule has 0 amide bonds. The number of rotatable bonds is 4. The summed E-state index contributed by atoms with van der Waals surface area (Å²) in [5.41, 5.74) is 3.68. The minimum atomic E-state index is -0.138. The number of nitrogens with zero attached hydrogens (tertiary/aromatic N) is 2. The summed E-state index contributed by atoms with van der Waals surface area (Å²) in [5.74, 6) is -0.138. The molecule has 1 unspecified atom stereocenters. The molecule has 76 valence electrons. The van der Waals surface area contributed by atoms with E-state index in [9.17, 15) is 4.79 Å². The summed E-state index contributed by atoms with van der Waals surface area (Å²) in [5, 5.41) is 1.97. The fraction of sp³-hybridized carbons (Fsp3) is 0.182. The molecule has 2 aromatic heterocycles. The second kappa shape index (κ2) is 4.79. The Morgan fingerprint density at radius 2 is 2.47 bits per heavy atom. The molecule has 0 saturated heterocycles. The van der Waals surface area contributed by atoms with Crippen LogP contribution in [-0.4, -0.2) is 16.3 Å². The molecule has 0 aromatic carbocycles. The van der Waals surface area contributed by atoms with Gasteiger partial charge in [-0.1, -0.05) is 6.07 Å². The van der Waals surface area contributed by atoms with Gasteiger partial charge >= 0.3 is 0 Å². The van der Waals surface area contributed by atoms with Crippen molar-refractivity contribution in [2.24, 2.45) is 0 Å². The molecule has 4 heteroatoms. The maximum absolute atomic E-state index is 11.0. The lowest BCUT2D eigenvalue weighted by atomic mass is 9.98. The number of aromatic nitrogens is 2.